The van der Waals surface area contributed by atoms with Crippen LogP contribution in [0.15, 0.2) is 23.8 Å². The number of ether oxygens (including phenoxy) is 2. The molecule has 7 nitrogen and oxygen atoms in total. The van der Waals surface area contributed by atoms with E-state index in [9.17, 15) is 14.9 Å². The number of likely N-dealkylation sites (N-methyl/N-ethyl adjacent to an activating group) is 1. The largest absolute Gasteiger partial charge is 0.493 e. The number of methoxy groups -OCH3 is 1. The summed E-state index contributed by atoms with van der Waals surface area (Å²) >= 11 is 0. The first kappa shape index (κ1) is 21.3. The van der Waals surface area contributed by atoms with Crippen molar-refractivity contribution < 1.29 is 19.1 Å². The molecule has 2 N–H and O–H groups in total. The van der Waals surface area contributed by atoms with Gasteiger partial charge in [-0.25, -0.2) is 0 Å². The third kappa shape index (κ3) is 6.31. The molecule has 1 aromatic carbocycles. The highest BCUT2D eigenvalue weighted by atomic mass is 16.5. The summed E-state index contributed by atoms with van der Waals surface area (Å²) in [4.78, 5) is 23.9. The maximum atomic E-state index is 12.4. The molecule has 28 heavy (non-hydrogen) atoms. The minimum Gasteiger partial charge on any atom is -0.493 e. The normalized spacial score (nSPS) is 14.7. The van der Waals surface area contributed by atoms with Gasteiger partial charge >= 0.3 is 0 Å². The molecule has 7 heteroatoms. The standard InChI is InChI=1S/C21H27N3O4/c1-3-23-20(25)14-28-18-10-9-15(12-19(18)27-2)11-16(13-22)21(26)24-17-7-5-4-6-8-17/h9-12,17H,3-8,14H2,1-2H3,(H,23,25)(H,24,26)/b16-11+. The van der Waals surface area contributed by atoms with Gasteiger partial charge in [0.05, 0.1) is 7.11 Å². The van der Waals surface area contributed by atoms with Gasteiger partial charge in [0.1, 0.15) is 11.6 Å². The lowest BCUT2D eigenvalue weighted by Crippen LogP contribution is -2.36. The zero-order valence-electron chi connectivity index (χ0n) is 16.4. The van der Waals surface area contributed by atoms with E-state index in [1.165, 1.54) is 19.6 Å². The molecule has 0 spiro atoms. The minimum absolute atomic E-state index is 0.0450. The molecule has 0 aromatic heterocycles. The summed E-state index contributed by atoms with van der Waals surface area (Å²) in [7, 11) is 1.49. The summed E-state index contributed by atoms with van der Waals surface area (Å²) in [5, 5.41) is 15.0. The summed E-state index contributed by atoms with van der Waals surface area (Å²) in [6.07, 6.45) is 6.83. The number of nitrogens with zero attached hydrogens (tertiary/aromatic N) is 1. The molecule has 2 rings (SSSR count). The fourth-order valence-corrected chi connectivity index (χ4v) is 3.11. The molecular weight excluding hydrogens is 358 g/mol. The van der Waals surface area contributed by atoms with Gasteiger partial charge < -0.3 is 20.1 Å². The second-order valence-electron chi connectivity index (χ2n) is 6.63. The molecule has 1 aromatic rings. The van der Waals surface area contributed by atoms with Crippen LogP contribution in [0.1, 0.15) is 44.6 Å². The number of benzene rings is 1. The van der Waals surface area contributed by atoms with E-state index in [4.69, 9.17) is 9.47 Å². The number of carbonyl (C=O) groups is 2. The molecule has 2 amide bonds. The number of hydrogen-bond donors (Lipinski definition) is 2. The topological polar surface area (TPSA) is 100 Å². The molecule has 0 heterocycles. The van der Waals surface area contributed by atoms with Crippen molar-refractivity contribution in [2.45, 2.75) is 45.1 Å². The second-order valence-corrected chi connectivity index (χ2v) is 6.63. The van der Waals surface area contributed by atoms with Crippen LogP contribution in [0.5, 0.6) is 11.5 Å². The second kappa shape index (κ2) is 11.0. The Hall–Kier alpha value is -3.01. The summed E-state index contributed by atoms with van der Waals surface area (Å²) in [5.41, 5.74) is 0.682. The van der Waals surface area contributed by atoms with Crippen LogP contribution in [0, 0.1) is 11.3 Å². The van der Waals surface area contributed by atoms with E-state index in [0.29, 0.717) is 23.6 Å². The van der Waals surface area contributed by atoms with Crippen LogP contribution in [0.3, 0.4) is 0 Å². The van der Waals surface area contributed by atoms with Crippen molar-refractivity contribution in [2.75, 3.05) is 20.3 Å². The van der Waals surface area contributed by atoms with E-state index < -0.39 is 0 Å². The van der Waals surface area contributed by atoms with Crippen molar-refractivity contribution in [1.29, 1.82) is 5.26 Å². The highest BCUT2D eigenvalue weighted by Gasteiger charge is 2.18. The van der Waals surface area contributed by atoms with Gasteiger partial charge in [-0.05, 0) is 43.5 Å². The average molecular weight is 385 g/mol. The minimum atomic E-state index is -0.357. The molecular formula is C21H27N3O4. The summed E-state index contributed by atoms with van der Waals surface area (Å²) in [5.74, 6) is 0.253. The summed E-state index contributed by atoms with van der Waals surface area (Å²) in [6, 6.07) is 7.13. The van der Waals surface area contributed by atoms with Gasteiger partial charge in [0, 0.05) is 12.6 Å². The van der Waals surface area contributed by atoms with Gasteiger partial charge in [0.15, 0.2) is 18.1 Å². The van der Waals surface area contributed by atoms with Gasteiger partial charge in [0.2, 0.25) is 0 Å². The van der Waals surface area contributed by atoms with Gasteiger partial charge in [-0.2, -0.15) is 5.26 Å². The quantitative estimate of drug-likeness (QED) is 0.529. The van der Waals surface area contributed by atoms with Crippen LogP contribution in [0.25, 0.3) is 6.08 Å². The molecule has 1 saturated carbocycles. The number of amides is 2. The molecule has 0 bridgehead atoms. The Bertz CT molecular complexity index is 761. The van der Waals surface area contributed by atoms with E-state index in [-0.39, 0.29) is 30.0 Å². The lowest BCUT2D eigenvalue weighted by molar-refractivity contribution is -0.123. The molecule has 0 aliphatic heterocycles. The van der Waals surface area contributed by atoms with E-state index in [2.05, 4.69) is 10.6 Å². The Morgan fingerprint density at radius 2 is 2.00 bits per heavy atom. The van der Waals surface area contributed by atoms with E-state index >= 15 is 0 Å². The number of carbonyl (C=O) groups excluding carboxylic acids is 2. The first-order valence-corrected chi connectivity index (χ1v) is 9.57. The molecule has 1 aliphatic carbocycles. The number of nitriles is 1. The van der Waals surface area contributed by atoms with Crippen LogP contribution >= 0.6 is 0 Å². The Balaban J connectivity index is 2.08. The lowest BCUT2D eigenvalue weighted by atomic mass is 9.95. The Labute approximate surface area is 165 Å². The van der Waals surface area contributed by atoms with Crippen molar-refractivity contribution >= 4 is 17.9 Å². The summed E-state index contributed by atoms with van der Waals surface area (Å²) < 4.78 is 10.8. The maximum absolute atomic E-state index is 12.4. The molecule has 0 saturated heterocycles. The monoisotopic (exact) mass is 385 g/mol. The average Bonchev–Trinajstić information content (AvgIpc) is 2.71. The van der Waals surface area contributed by atoms with Crippen LogP contribution in [0.4, 0.5) is 0 Å². The molecule has 1 aliphatic rings. The summed E-state index contributed by atoms with van der Waals surface area (Å²) in [6.45, 7) is 2.24. The number of nitrogens with one attached hydrogen (secondary N) is 2. The number of hydrogen-bond acceptors (Lipinski definition) is 5. The molecule has 1 fully saturated rings. The molecule has 150 valence electrons. The Kier molecular flexibility index (Phi) is 8.35. The third-order valence-corrected chi connectivity index (χ3v) is 4.54. The van der Waals surface area contributed by atoms with Gasteiger partial charge in [0.25, 0.3) is 11.8 Å². The maximum Gasteiger partial charge on any atom is 0.262 e. The predicted octanol–water partition coefficient (Wildman–Crippen LogP) is 2.57. The fourth-order valence-electron chi connectivity index (χ4n) is 3.11. The van der Waals surface area contributed by atoms with Gasteiger partial charge in [-0.1, -0.05) is 25.3 Å². The highest BCUT2D eigenvalue weighted by molar-refractivity contribution is 6.01. The first-order chi connectivity index (χ1) is 13.6. The highest BCUT2D eigenvalue weighted by Crippen LogP contribution is 2.29. The van der Waals surface area contributed by atoms with Crippen molar-refractivity contribution in [3.63, 3.8) is 0 Å². The van der Waals surface area contributed by atoms with Crippen molar-refractivity contribution in [2.24, 2.45) is 0 Å². The molecule has 0 atom stereocenters. The fraction of sp³-hybridized carbons (Fsp3) is 0.476. The zero-order chi connectivity index (χ0) is 20.4. The van der Waals surface area contributed by atoms with E-state index in [1.54, 1.807) is 18.2 Å². The first-order valence-electron chi connectivity index (χ1n) is 9.57. The predicted molar refractivity (Wildman–Crippen MR) is 106 cm³/mol. The Morgan fingerprint density at radius 3 is 2.64 bits per heavy atom. The third-order valence-electron chi connectivity index (χ3n) is 4.54. The van der Waals surface area contributed by atoms with Crippen LogP contribution in [-0.4, -0.2) is 38.1 Å². The Morgan fingerprint density at radius 1 is 1.25 bits per heavy atom. The smallest absolute Gasteiger partial charge is 0.262 e. The van der Waals surface area contributed by atoms with Crippen molar-refractivity contribution in [3.8, 4) is 17.6 Å². The molecule has 0 unspecified atom stereocenters. The van der Waals surface area contributed by atoms with Crippen LogP contribution in [0.2, 0.25) is 0 Å². The van der Waals surface area contributed by atoms with Crippen molar-refractivity contribution in [1.82, 2.24) is 10.6 Å². The zero-order valence-corrected chi connectivity index (χ0v) is 16.4. The molecule has 0 radical (unpaired) electrons. The SMILES string of the molecule is CCNC(=O)COc1ccc(/C=C(\C#N)C(=O)NC2CCCCC2)cc1OC. The number of rotatable bonds is 8. The lowest BCUT2D eigenvalue weighted by Gasteiger charge is -2.22. The van der Waals surface area contributed by atoms with Crippen molar-refractivity contribution in [3.05, 3.63) is 29.3 Å². The van der Waals surface area contributed by atoms with E-state index in [1.807, 2.05) is 13.0 Å². The van der Waals surface area contributed by atoms with Crippen LogP contribution < -0.4 is 20.1 Å². The van der Waals surface area contributed by atoms with Gasteiger partial charge in [-0.15, -0.1) is 0 Å². The van der Waals surface area contributed by atoms with E-state index in [0.717, 1.165) is 25.7 Å². The van der Waals surface area contributed by atoms with Crippen LogP contribution in [-0.2, 0) is 9.59 Å². The van der Waals surface area contributed by atoms with Gasteiger partial charge in [-0.3, -0.25) is 9.59 Å².